The van der Waals surface area contributed by atoms with Crippen molar-refractivity contribution < 1.29 is 28.2 Å². The lowest BCUT2D eigenvalue weighted by Crippen LogP contribution is -2.30. The van der Waals surface area contributed by atoms with Crippen molar-refractivity contribution in [3.05, 3.63) is 0 Å². The van der Waals surface area contributed by atoms with Crippen LogP contribution in [0.2, 0.25) is 0 Å². The van der Waals surface area contributed by atoms with Gasteiger partial charge in [-0.2, -0.15) is 0 Å². The zero-order valence-corrected chi connectivity index (χ0v) is 11.1. The Kier molecular flexibility index (Phi) is 4.67. The summed E-state index contributed by atoms with van der Waals surface area (Å²) in [5, 5.41) is 0. The van der Waals surface area contributed by atoms with E-state index in [0.29, 0.717) is 0 Å². The Hall–Kier alpha value is -1.17. The number of hydrogen-bond donors (Lipinski definition) is 0. The van der Waals surface area contributed by atoms with E-state index in [-0.39, 0.29) is 13.0 Å². The maximum atomic E-state index is 13.5. The maximum Gasteiger partial charge on any atom is 0.311 e. The smallest absolute Gasteiger partial charge is 0.311 e. The molecule has 1 saturated heterocycles. The van der Waals surface area contributed by atoms with Gasteiger partial charge in [0, 0.05) is 13.3 Å². The molecule has 1 rings (SSSR count). The minimum atomic E-state index is -1.30. The van der Waals surface area contributed by atoms with Crippen LogP contribution in [0.5, 0.6) is 0 Å². The average Bonchev–Trinajstić information content (AvgIpc) is 2.52. The Morgan fingerprint density at radius 2 is 2.00 bits per heavy atom. The van der Waals surface area contributed by atoms with E-state index in [0.717, 1.165) is 0 Å². The van der Waals surface area contributed by atoms with Crippen molar-refractivity contribution in [2.75, 3.05) is 6.61 Å². The van der Waals surface area contributed by atoms with Gasteiger partial charge in [-0.05, 0) is 20.8 Å². The van der Waals surface area contributed by atoms with Gasteiger partial charge in [-0.15, -0.1) is 0 Å². The molecule has 1 aliphatic rings. The van der Waals surface area contributed by atoms with Gasteiger partial charge in [0.05, 0.1) is 5.41 Å². The Balaban J connectivity index is 2.40. The van der Waals surface area contributed by atoms with E-state index in [1.807, 2.05) is 0 Å². The average molecular weight is 262 g/mol. The lowest BCUT2D eigenvalue weighted by atomic mass is 9.97. The molecule has 3 atom stereocenters. The van der Waals surface area contributed by atoms with Crippen LogP contribution in [0.4, 0.5) is 4.39 Å². The van der Waals surface area contributed by atoms with E-state index in [2.05, 4.69) is 0 Å². The van der Waals surface area contributed by atoms with Crippen molar-refractivity contribution in [1.82, 2.24) is 0 Å². The molecular formula is C12H19FO5. The summed E-state index contributed by atoms with van der Waals surface area (Å²) in [7, 11) is 0. The molecular weight excluding hydrogens is 243 g/mol. The molecule has 1 aliphatic heterocycles. The molecule has 0 radical (unpaired) electrons. The minimum Gasteiger partial charge on any atom is -0.462 e. The van der Waals surface area contributed by atoms with Crippen LogP contribution in [0.3, 0.4) is 0 Å². The summed E-state index contributed by atoms with van der Waals surface area (Å²) in [4.78, 5) is 22.2. The van der Waals surface area contributed by atoms with Crippen LogP contribution >= 0.6 is 0 Å². The highest BCUT2D eigenvalue weighted by atomic mass is 19.1. The van der Waals surface area contributed by atoms with Crippen molar-refractivity contribution in [3.63, 3.8) is 0 Å². The fourth-order valence-electron chi connectivity index (χ4n) is 1.45. The first-order valence-corrected chi connectivity index (χ1v) is 5.84. The summed E-state index contributed by atoms with van der Waals surface area (Å²) in [5.41, 5.74) is -0.639. The second-order valence-electron chi connectivity index (χ2n) is 5.31. The summed E-state index contributed by atoms with van der Waals surface area (Å²) >= 11 is 0. The molecule has 104 valence electrons. The molecule has 1 heterocycles. The van der Waals surface area contributed by atoms with E-state index in [1.165, 1.54) is 6.92 Å². The number of esters is 2. The summed E-state index contributed by atoms with van der Waals surface area (Å²) in [6.45, 7) is 6.18. The van der Waals surface area contributed by atoms with Crippen LogP contribution in [0, 0.1) is 5.41 Å². The third kappa shape index (κ3) is 4.25. The summed E-state index contributed by atoms with van der Waals surface area (Å²) in [6, 6.07) is 0. The molecule has 0 spiro atoms. The van der Waals surface area contributed by atoms with Gasteiger partial charge in [-0.3, -0.25) is 9.59 Å². The Bertz CT molecular complexity index is 323. The molecule has 1 fully saturated rings. The minimum absolute atomic E-state index is 0.0304. The van der Waals surface area contributed by atoms with Gasteiger partial charge in [-0.25, -0.2) is 4.39 Å². The van der Waals surface area contributed by atoms with Crippen LogP contribution in [-0.4, -0.2) is 37.1 Å². The van der Waals surface area contributed by atoms with Gasteiger partial charge in [0.15, 0.2) is 0 Å². The van der Waals surface area contributed by atoms with E-state index < -0.39 is 35.9 Å². The van der Waals surface area contributed by atoms with Crippen LogP contribution in [0.25, 0.3) is 0 Å². The lowest BCUT2D eigenvalue weighted by molar-refractivity contribution is -0.180. The maximum absolute atomic E-state index is 13.5. The van der Waals surface area contributed by atoms with Crippen LogP contribution in [0.1, 0.15) is 34.1 Å². The second-order valence-corrected chi connectivity index (χ2v) is 5.31. The molecule has 0 bridgehead atoms. The largest absolute Gasteiger partial charge is 0.462 e. The molecule has 5 nitrogen and oxygen atoms in total. The summed E-state index contributed by atoms with van der Waals surface area (Å²) in [5.74, 6) is -0.950. The summed E-state index contributed by atoms with van der Waals surface area (Å²) < 4.78 is 28.4. The molecule has 0 aromatic rings. The van der Waals surface area contributed by atoms with Crippen molar-refractivity contribution in [2.24, 2.45) is 5.41 Å². The number of carbonyl (C=O) groups is 2. The molecule has 0 aromatic heterocycles. The highest BCUT2D eigenvalue weighted by Crippen LogP contribution is 2.25. The highest BCUT2D eigenvalue weighted by molar-refractivity contribution is 5.75. The molecule has 18 heavy (non-hydrogen) atoms. The van der Waals surface area contributed by atoms with Gasteiger partial charge in [0.1, 0.15) is 18.9 Å². The van der Waals surface area contributed by atoms with E-state index >= 15 is 0 Å². The molecule has 1 unspecified atom stereocenters. The molecule has 0 amide bonds. The lowest BCUT2D eigenvalue weighted by Gasteiger charge is -2.19. The first kappa shape index (κ1) is 14.9. The zero-order chi connectivity index (χ0) is 13.9. The monoisotopic (exact) mass is 262 g/mol. The van der Waals surface area contributed by atoms with E-state index in [4.69, 9.17) is 14.2 Å². The van der Waals surface area contributed by atoms with Crippen LogP contribution < -0.4 is 0 Å². The number of ether oxygens (including phenoxy) is 3. The molecule has 0 aliphatic carbocycles. The zero-order valence-electron chi connectivity index (χ0n) is 11.1. The van der Waals surface area contributed by atoms with Gasteiger partial charge in [-0.1, -0.05) is 0 Å². The highest BCUT2D eigenvalue weighted by Gasteiger charge is 2.38. The molecule has 0 saturated carbocycles. The number of alkyl halides is 1. The molecule has 0 N–H and O–H groups in total. The van der Waals surface area contributed by atoms with Crippen LogP contribution in [-0.2, 0) is 23.8 Å². The molecule has 6 heteroatoms. The first-order chi connectivity index (χ1) is 8.20. The fraction of sp³-hybridized carbons (Fsp3) is 0.833. The summed E-state index contributed by atoms with van der Waals surface area (Å²) in [6.07, 6.45) is -3.10. The number of halogens is 1. The predicted molar refractivity (Wildman–Crippen MR) is 60.4 cm³/mol. The van der Waals surface area contributed by atoms with Gasteiger partial charge < -0.3 is 14.2 Å². The van der Waals surface area contributed by atoms with Crippen molar-refractivity contribution in [2.45, 2.75) is 52.7 Å². The van der Waals surface area contributed by atoms with Crippen LogP contribution in [0.15, 0.2) is 0 Å². The number of hydrogen-bond acceptors (Lipinski definition) is 5. The fourth-order valence-corrected chi connectivity index (χ4v) is 1.45. The van der Waals surface area contributed by atoms with E-state index in [9.17, 15) is 14.0 Å². The normalized spacial score (nSPS) is 27.9. The second kappa shape index (κ2) is 5.65. The van der Waals surface area contributed by atoms with E-state index in [1.54, 1.807) is 20.8 Å². The van der Waals surface area contributed by atoms with Gasteiger partial charge in [0.2, 0.25) is 6.29 Å². The number of carbonyl (C=O) groups excluding carboxylic acids is 2. The Morgan fingerprint density at radius 3 is 2.50 bits per heavy atom. The van der Waals surface area contributed by atoms with Crippen molar-refractivity contribution in [1.29, 1.82) is 0 Å². The van der Waals surface area contributed by atoms with Gasteiger partial charge >= 0.3 is 11.9 Å². The Labute approximate surface area is 106 Å². The van der Waals surface area contributed by atoms with Crippen molar-refractivity contribution in [3.8, 4) is 0 Å². The standard InChI is InChI=1S/C12H19FO5/c1-7(14)17-10-5-8(13)9(18-10)6-16-11(15)12(2,3)4/h8-10H,5-6H2,1-4H3/t8-,9+,10?/m0/s1. The Morgan fingerprint density at radius 1 is 1.39 bits per heavy atom. The predicted octanol–water partition coefficient (Wildman–Crippen LogP) is 1.59. The third-order valence-electron chi connectivity index (χ3n) is 2.44. The first-order valence-electron chi connectivity index (χ1n) is 5.84. The number of rotatable bonds is 3. The quantitative estimate of drug-likeness (QED) is 0.723. The van der Waals surface area contributed by atoms with Crippen molar-refractivity contribution >= 4 is 11.9 Å². The van der Waals surface area contributed by atoms with Gasteiger partial charge in [0.25, 0.3) is 0 Å². The topological polar surface area (TPSA) is 61.8 Å². The molecule has 0 aromatic carbocycles. The SMILES string of the molecule is CC(=O)OC1C[C@H](F)[C@@H](COC(=O)C(C)(C)C)O1. The third-order valence-corrected chi connectivity index (χ3v) is 2.44.